The summed E-state index contributed by atoms with van der Waals surface area (Å²) in [6.07, 6.45) is -3.44. The van der Waals surface area contributed by atoms with Crippen molar-refractivity contribution < 1.29 is 27.5 Å². The summed E-state index contributed by atoms with van der Waals surface area (Å²) >= 11 is 0. The molecule has 3 aromatic rings. The molecule has 6 nitrogen and oxygen atoms in total. The van der Waals surface area contributed by atoms with Gasteiger partial charge in [-0.15, -0.1) is 13.2 Å². The molecule has 0 aliphatic carbocycles. The topological polar surface area (TPSA) is 61.9 Å². The third-order valence-electron chi connectivity index (χ3n) is 6.47. The SMILES string of the molecule is CC[C@H](C(=O)Nc1cc(C)ccc1N1CCCN(Cc2ccc(OC(F)(F)F)cc2)C1=O)c1ccccc1. The Labute approximate surface area is 220 Å². The largest absolute Gasteiger partial charge is 0.573 e. The smallest absolute Gasteiger partial charge is 0.406 e. The molecule has 1 atom stereocenters. The van der Waals surface area contributed by atoms with Gasteiger partial charge in [-0.3, -0.25) is 9.69 Å². The Bertz CT molecular complexity index is 1260. The highest BCUT2D eigenvalue weighted by Crippen LogP contribution is 2.32. The van der Waals surface area contributed by atoms with Crippen molar-refractivity contribution in [3.8, 4) is 5.75 Å². The number of benzene rings is 3. The molecule has 1 saturated heterocycles. The van der Waals surface area contributed by atoms with Gasteiger partial charge in [-0.05, 0) is 60.7 Å². The van der Waals surface area contributed by atoms with Crippen molar-refractivity contribution in [2.24, 2.45) is 0 Å². The van der Waals surface area contributed by atoms with Crippen LogP contribution in [0.25, 0.3) is 0 Å². The molecular formula is C29H30F3N3O3. The van der Waals surface area contributed by atoms with Gasteiger partial charge in [0.2, 0.25) is 5.91 Å². The van der Waals surface area contributed by atoms with Crippen molar-refractivity contribution in [2.45, 2.75) is 45.5 Å². The third kappa shape index (κ3) is 6.65. The zero-order chi connectivity index (χ0) is 27.3. The maximum atomic E-state index is 13.5. The van der Waals surface area contributed by atoms with Crippen LogP contribution in [-0.4, -0.2) is 36.3 Å². The summed E-state index contributed by atoms with van der Waals surface area (Å²) in [5, 5.41) is 3.05. The van der Waals surface area contributed by atoms with Gasteiger partial charge in [0.1, 0.15) is 5.75 Å². The number of aryl methyl sites for hydroxylation is 1. The minimum atomic E-state index is -4.76. The van der Waals surface area contributed by atoms with Crippen LogP contribution in [0.1, 0.15) is 42.4 Å². The summed E-state index contributed by atoms with van der Waals surface area (Å²) in [4.78, 5) is 30.1. The van der Waals surface area contributed by atoms with Crippen LogP contribution in [0.3, 0.4) is 0 Å². The van der Waals surface area contributed by atoms with Crippen LogP contribution in [0, 0.1) is 6.92 Å². The molecule has 1 aliphatic heterocycles. The maximum Gasteiger partial charge on any atom is 0.573 e. The standard InChI is InChI=1S/C29H30F3N3O3/c1-3-24(22-8-5-4-6-9-22)27(36)33-25-18-20(2)10-15-26(25)35-17-7-16-34(28(35)37)19-21-11-13-23(14-12-21)38-29(30,31)32/h4-6,8-15,18,24H,3,7,16-17,19H2,1-2H3,(H,33,36)/t24-/m0/s1. The lowest BCUT2D eigenvalue weighted by Gasteiger charge is -2.36. The van der Waals surface area contributed by atoms with E-state index in [1.54, 1.807) is 9.80 Å². The average Bonchev–Trinajstić information content (AvgIpc) is 2.87. The van der Waals surface area contributed by atoms with Crippen LogP contribution in [0.5, 0.6) is 5.75 Å². The van der Waals surface area contributed by atoms with Gasteiger partial charge >= 0.3 is 12.4 Å². The van der Waals surface area contributed by atoms with E-state index in [0.717, 1.165) is 11.1 Å². The lowest BCUT2D eigenvalue weighted by molar-refractivity contribution is -0.274. The monoisotopic (exact) mass is 525 g/mol. The number of nitrogens with zero attached hydrogens (tertiary/aromatic N) is 2. The van der Waals surface area contributed by atoms with E-state index in [1.807, 2.05) is 62.4 Å². The van der Waals surface area contributed by atoms with Crippen LogP contribution in [0.2, 0.25) is 0 Å². The fourth-order valence-electron chi connectivity index (χ4n) is 4.63. The summed E-state index contributed by atoms with van der Waals surface area (Å²) in [6, 6.07) is 20.4. The van der Waals surface area contributed by atoms with E-state index >= 15 is 0 Å². The predicted octanol–water partition coefficient (Wildman–Crippen LogP) is 6.86. The summed E-state index contributed by atoms with van der Waals surface area (Å²) < 4.78 is 41.3. The second kappa shape index (κ2) is 11.6. The van der Waals surface area contributed by atoms with Crippen LogP contribution in [0.15, 0.2) is 72.8 Å². The number of carbonyl (C=O) groups is 2. The molecule has 38 heavy (non-hydrogen) atoms. The predicted molar refractivity (Wildman–Crippen MR) is 140 cm³/mol. The van der Waals surface area contributed by atoms with Crippen LogP contribution in [0.4, 0.5) is 29.3 Å². The molecule has 3 aromatic carbocycles. The van der Waals surface area contributed by atoms with Crippen molar-refractivity contribution in [3.63, 3.8) is 0 Å². The molecule has 0 radical (unpaired) electrons. The molecule has 1 aliphatic rings. The number of ether oxygens (including phenoxy) is 1. The lowest BCUT2D eigenvalue weighted by atomic mass is 9.95. The average molecular weight is 526 g/mol. The van der Waals surface area contributed by atoms with Gasteiger partial charge in [0.25, 0.3) is 0 Å². The van der Waals surface area contributed by atoms with Crippen molar-refractivity contribution in [1.82, 2.24) is 4.90 Å². The van der Waals surface area contributed by atoms with Gasteiger partial charge < -0.3 is 15.0 Å². The van der Waals surface area contributed by atoms with E-state index in [1.165, 1.54) is 24.3 Å². The number of rotatable bonds is 8. The number of anilines is 2. The van der Waals surface area contributed by atoms with Crippen LogP contribution < -0.4 is 15.0 Å². The van der Waals surface area contributed by atoms with Gasteiger partial charge in [0.15, 0.2) is 0 Å². The number of nitrogens with one attached hydrogen (secondary N) is 1. The van der Waals surface area contributed by atoms with Gasteiger partial charge in [-0.25, -0.2) is 4.79 Å². The molecule has 0 saturated carbocycles. The van der Waals surface area contributed by atoms with Gasteiger partial charge in [-0.2, -0.15) is 0 Å². The molecule has 0 aromatic heterocycles. The van der Waals surface area contributed by atoms with Gasteiger partial charge in [0.05, 0.1) is 17.3 Å². The number of halogens is 3. The number of hydrogen-bond donors (Lipinski definition) is 1. The van der Waals surface area contributed by atoms with E-state index in [9.17, 15) is 22.8 Å². The van der Waals surface area contributed by atoms with E-state index in [-0.39, 0.29) is 30.2 Å². The molecule has 0 unspecified atom stereocenters. The molecule has 0 bridgehead atoms. The summed E-state index contributed by atoms with van der Waals surface area (Å²) in [5.74, 6) is -0.788. The second-order valence-corrected chi connectivity index (χ2v) is 9.28. The molecule has 1 N–H and O–H groups in total. The first-order valence-corrected chi connectivity index (χ1v) is 12.5. The molecule has 3 amide bonds. The Morgan fingerprint density at radius 3 is 2.39 bits per heavy atom. The first-order valence-electron chi connectivity index (χ1n) is 12.5. The molecule has 1 heterocycles. The van der Waals surface area contributed by atoms with Crippen molar-refractivity contribution >= 4 is 23.3 Å². The van der Waals surface area contributed by atoms with Crippen LogP contribution >= 0.6 is 0 Å². The van der Waals surface area contributed by atoms with Crippen LogP contribution in [-0.2, 0) is 11.3 Å². The van der Waals surface area contributed by atoms with E-state index < -0.39 is 6.36 Å². The number of carbonyl (C=O) groups excluding carboxylic acids is 2. The molecule has 4 rings (SSSR count). The third-order valence-corrected chi connectivity index (χ3v) is 6.47. The summed E-state index contributed by atoms with van der Waals surface area (Å²) in [5.41, 5.74) is 3.72. The highest BCUT2D eigenvalue weighted by atomic mass is 19.4. The Hall–Kier alpha value is -4.01. The minimum Gasteiger partial charge on any atom is -0.406 e. The molecule has 200 valence electrons. The van der Waals surface area contributed by atoms with Gasteiger partial charge in [0, 0.05) is 19.6 Å². The van der Waals surface area contributed by atoms with Crippen molar-refractivity contribution in [1.29, 1.82) is 0 Å². The Kier molecular flexibility index (Phi) is 8.24. The Morgan fingerprint density at radius 1 is 1.03 bits per heavy atom. The number of urea groups is 1. The second-order valence-electron chi connectivity index (χ2n) is 9.28. The first-order chi connectivity index (χ1) is 18.1. The first kappa shape index (κ1) is 27.0. The van der Waals surface area contributed by atoms with E-state index in [4.69, 9.17) is 0 Å². The normalized spacial score (nSPS) is 14.8. The summed E-state index contributed by atoms with van der Waals surface area (Å²) in [7, 11) is 0. The highest BCUT2D eigenvalue weighted by molar-refractivity contribution is 6.02. The number of alkyl halides is 3. The number of hydrogen-bond acceptors (Lipinski definition) is 3. The summed E-state index contributed by atoms with van der Waals surface area (Å²) in [6.45, 7) is 5.11. The minimum absolute atomic E-state index is 0.145. The zero-order valence-corrected chi connectivity index (χ0v) is 21.3. The quantitative estimate of drug-likeness (QED) is 0.350. The zero-order valence-electron chi connectivity index (χ0n) is 21.3. The highest BCUT2D eigenvalue weighted by Gasteiger charge is 2.32. The fraction of sp³-hybridized carbons (Fsp3) is 0.310. The van der Waals surface area contributed by atoms with E-state index in [0.29, 0.717) is 42.9 Å². The molecular weight excluding hydrogens is 495 g/mol. The lowest BCUT2D eigenvalue weighted by Crippen LogP contribution is -2.49. The Morgan fingerprint density at radius 2 is 1.74 bits per heavy atom. The number of amides is 3. The maximum absolute atomic E-state index is 13.5. The van der Waals surface area contributed by atoms with E-state index in [2.05, 4.69) is 10.1 Å². The molecule has 1 fully saturated rings. The van der Waals surface area contributed by atoms with Crippen molar-refractivity contribution in [3.05, 3.63) is 89.5 Å². The Balaban J connectivity index is 1.51. The fourth-order valence-corrected chi connectivity index (χ4v) is 4.63. The molecule has 0 spiro atoms. The van der Waals surface area contributed by atoms with Gasteiger partial charge in [-0.1, -0.05) is 55.5 Å². The molecule has 9 heteroatoms. The van der Waals surface area contributed by atoms with Crippen molar-refractivity contribution in [2.75, 3.05) is 23.3 Å².